The fraction of sp³-hybridized carbons (Fsp3) is 0.400. The summed E-state index contributed by atoms with van der Waals surface area (Å²) in [6.07, 6.45) is 7.79. The second-order valence-electron chi connectivity index (χ2n) is 11.4. The summed E-state index contributed by atoms with van der Waals surface area (Å²) in [4.78, 5) is 30.3. The van der Waals surface area contributed by atoms with Gasteiger partial charge < -0.3 is 24.1 Å². The smallest absolute Gasteiger partial charge is 0.307 e. The summed E-state index contributed by atoms with van der Waals surface area (Å²) in [6.45, 7) is 4.91. The number of benzene rings is 2. The van der Waals surface area contributed by atoms with Gasteiger partial charge in [-0.2, -0.15) is 0 Å². The Kier molecular flexibility index (Phi) is 10.4. The number of rotatable bonds is 12. The largest absolute Gasteiger partial charge is 0.489 e. The highest BCUT2D eigenvalue weighted by Crippen LogP contribution is 2.41. The molecule has 5 rings (SSSR count). The summed E-state index contributed by atoms with van der Waals surface area (Å²) in [5.41, 5.74) is 4.35. The van der Waals surface area contributed by atoms with Crippen molar-refractivity contribution in [3.05, 3.63) is 88.4 Å². The van der Waals surface area contributed by atoms with Crippen molar-refractivity contribution in [3.63, 3.8) is 0 Å². The maximum Gasteiger partial charge on any atom is 0.307 e. The van der Waals surface area contributed by atoms with Gasteiger partial charge in [0.15, 0.2) is 0 Å². The highest BCUT2D eigenvalue weighted by atomic mass is 35.5. The Hall–Kier alpha value is -4.04. The summed E-state index contributed by atoms with van der Waals surface area (Å²) in [5.74, 6) is 1.68. The number of halogens is 1. The Morgan fingerprint density at radius 2 is 1.86 bits per heavy atom. The molecule has 8 nitrogen and oxygen atoms in total. The zero-order chi connectivity index (χ0) is 31.1. The summed E-state index contributed by atoms with van der Waals surface area (Å²) in [6, 6.07) is 17.1. The molecule has 0 saturated heterocycles. The number of aryl methyl sites for hydroxylation is 1. The molecular formula is C35H40ClN3O5. The number of esters is 1. The number of anilines is 1. The Morgan fingerprint density at radius 3 is 2.57 bits per heavy atom. The van der Waals surface area contributed by atoms with Crippen molar-refractivity contribution in [2.75, 3.05) is 25.5 Å². The van der Waals surface area contributed by atoms with Gasteiger partial charge in [0, 0.05) is 47.6 Å². The number of pyridine rings is 1. The number of furan rings is 1. The van der Waals surface area contributed by atoms with Crippen molar-refractivity contribution >= 4 is 40.1 Å². The van der Waals surface area contributed by atoms with Gasteiger partial charge in [-0.05, 0) is 81.1 Å². The number of ether oxygens (including phenoxy) is 2. The fourth-order valence-electron chi connectivity index (χ4n) is 5.83. The molecule has 9 heteroatoms. The van der Waals surface area contributed by atoms with Gasteiger partial charge in [-0.3, -0.25) is 9.59 Å². The number of nitrogens with zero attached hydrogens (tertiary/aromatic N) is 2. The molecule has 1 fully saturated rings. The van der Waals surface area contributed by atoms with Crippen LogP contribution in [0.15, 0.2) is 65.2 Å². The van der Waals surface area contributed by atoms with Gasteiger partial charge in [-0.15, -0.1) is 0 Å². The molecule has 2 aromatic heterocycles. The van der Waals surface area contributed by atoms with Crippen LogP contribution < -0.4 is 10.1 Å². The lowest BCUT2D eigenvalue weighted by atomic mass is 9.82. The maximum atomic E-state index is 12.9. The van der Waals surface area contributed by atoms with Crippen LogP contribution in [-0.2, 0) is 16.1 Å². The number of fused-ring (bicyclic) bond motifs is 1. The van der Waals surface area contributed by atoms with Gasteiger partial charge in [0.25, 0.3) is 5.91 Å². The minimum Gasteiger partial charge on any atom is -0.489 e. The number of hydrogen-bond donors (Lipinski definition) is 1. The van der Waals surface area contributed by atoms with Gasteiger partial charge in [0.1, 0.15) is 28.9 Å². The van der Waals surface area contributed by atoms with Gasteiger partial charge in [0.2, 0.25) is 0 Å². The van der Waals surface area contributed by atoms with Crippen molar-refractivity contribution in [3.8, 4) is 5.75 Å². The molecule has 0 bridgehead atoms. The lowest BCUT2D eigenvalue weighted by molar-refractivity contribution is -0.143. The van der Waals surface area contributed by atoms with Crippen LogP contribution in [0.2, 0.25) is 5.15 Å². The molecule has 0 spiro atoms. The van der Waals surface area contributed by atoms with Crippen LogP contribution in [0.1, 0.15) is 78.7 Å². The first-order valence-electron chi connectivity index (χ1n) is 15.4. The lowest BCUT2D eigenvalue weighted by Gasteiger charge is -2.31. The first kappa shape index (κ1) is 31.4. The number of carbonyl (C=O) groups is 2. The Labute approximate surface area is 263 Å². The third-order valence-electron chi connectivity index (χ3n) is 8.30. The topological polar surface area (TPSA) is 93.9 Å². The average Bonchev–Trinajstić information content (AvgIpc) is 3.37. The van der Waals surface area contributed by atoms with E-state index in [9.17, 15) is 9.59 Å². The SMILES string of the molecule is CCOC(=O)CCN(C)C(=O)c1ccc(NC(c2oc3ccc(OCc4ccc(Cl)nc4)cc3c2C)C2CCCCC2)cc1. The second-order valence-corrected chi connectivity index (χ2v) is 11.8. The minimum atomic E-state index is -0.305. The van der Waals surface area contributed by atoms with Gasteiger partial charge in [-0.25, -0.2) is 4.98 Å². The standard InChI is InChI=1S/C35H40ClN3O5/c1-4-42-32(40)18-19-39(3)35(41)26-11-13-27(14-12-26)38-33(25-8-6-5-7-9-25)34-23(2)29-20-28(15-16-30(29)44-34)43-22-24-10-17-31(36)37-21-24/h10-17,20-21,25,33,38H,4-9,18-19,22H2,1-3H3. The first-order valence-corrected chi connectivity index (χ1v) is 15.7. The zero-order valence-corrected chi connectivity index (χ0v) is 26.4. The van der Waals surface area contributed by atoms with Crippen LogP contribution >= 0.6 is 11.6 Å². The molecule has 232 valence electrons. The second kappa shape index (κ2) is 14.6. The van der Waals surface area contributed by atoms with Crippen molar-refractivity contribution in [2.24, 2.45) is 5.92 Å². The third-order valence-corrected chi connectivity index (χ3v) is 8.52. The Bertz CT molecular complexity index is 1560. The monoisotopic (exact) mass is 617 g/mol. The molecule has 44 heavy (non-hydrogen) atoms. The lowest BCUT2D eigenvalue weighted by Crippen LogP contribution is -2.29. The summed E-state index contributed by atoms with van der Waals surface area (Å²) >= 11 is 5.91. The van der Waals surface area contributed by atoms with Crippen LogP contribution in [0.5, 0.6) is 5.75 Å². The van der Waals surface area contributed by atoms with Crippen molar-refractivity contribution in [1.29, 1.82) is 0 Å². The molecular weight excluding hydrogens is 578 g/mol. The fourth-order valence-corrected chi connectivity index (χ4v) is 5.94. The van der Waals surface area contributed by atoms with Crippen LogP contribution in [0.4, 0.5) is 5.69 Å². The molecule has 1 unspecified atom stereocenters. The van der Waals surface area contributed by atoms with E-state index in [0.29, 0.717) is 36.4 Å². The molecule has 0 aliphatic heterocycles. The number of amides is 1. The van der Waals surface area contributed by atoms with E-state index in [1.807, 2.05) is 48.5 Å². The van der Waals surface area contributed by atoms with E-state index in [0.717, 1.165) is 52.1 Å². The summed E-state index contributed by atoms with van der Waals surface area (Å²) in [7, 11) is 1.70. The highest BCUT2D eigenvalue weighted by Gasteiger charge is 2.30. The molecule has 1 aliphatic rings. The van der Waals surface area contributed by atoms with E-state index in [4.69, 9.17) is 25.5 Å². The average molecular weight is 618 g/mol. The van der Waals surface area contributed by atoms with E-state index >= 15 is 0 Å². The number of hydrogen-bond acceptors (Lipinski definition) is 7. The molecule has 1 amide bonds. The van der Waals surface area contributed by atoms with E-state index in [-0.39, 0.29) is 24.3 Å². The van der Waals surface area contributed by atoms with E-state index in [2.05, 4.69) is 17.2 Å². The van der Waals surface area contributed by atoms with E-state index < -0.39 is 0 Å². The third kappa shape index (κ3) is 7.72. The predicted molar refractivity (Wildman–Crippen MR) is 172 cm³/mol. The number of nitrogens with one attached hydrogen (secondary N) is 1. The number of aromatic nitrogens is 1. The van der Waals surface area contributed by atoms with Crippen LogP contribution in [0.25, 0.3) is 11.0 Å². The van der Waals surface area contributed by atoms with Crippen LogP contribution in [0.3, 0.4) is 0 Å². The number of carbonyl (C=O) groups excluding carboxylic acids is 2. The molecule has 1 saturated carbocycles. The summed E-state index contributed by atoms with van der Waals surface area (Å²) < 4.78 is 17.6. The van der Waals surface area contributed by atoms with Crippen LogP contribution in [0, 0.1) is 12.8 Å². The highest BCUT2D eigenvalue weighted by molar-refractivity contribution is 6.29. The summed E-state index contributed by atoms with van der Waals surface area (Å²) in [5, 5.41) is 5.24. The maximum absolute atomic E-state index is 12.9. The normalized spacial score (nSPS) is 14.3. The molecule has 1 N–H and O–H groups in total. The zero-order valence-electron chi connectivity index (χ0n) is 25.6. The molecule has 2 aromatic carbocycles. The predicted octanol–water partition coefficient (Wildman–Crippen LogP) is 8.13. The van der Waals surface area contributed by atoms with E-state index in [1.54, 1.807) is 31.1 Å². The first-order chi connectivity index (χ1) is 21.3. The molecule has 2 heterocycles. The molecule has 1 atom stereocenters. The molecule has 1 aliphatic carbocycles. The minimum absolute atomic E-state index is 0.0130. The Balaban J connectivity index is 1.32. The van der Waals surface area contributed by atoms with Crippen molar-refractivity contribution in [2.45, 2.75) is 65.0 Å². The quantitative estimate of drug-likeness (QED) is 0.127. The van der Waals surface area contributed by atoms with Gasteiger partial charge in [-0.1, -0.05) is 36.9 Å². The molecule has 4 aromatic rings. The van der Waals surface area contributed by atoms with Crippen molar-refractivity contribution < 1.29 is 23.5 Å². The van der Waals surface area contributed by atoms with Gasteiger partial charge in [0.05, 0.1) is 19.1 Å². The van der Waals surface area contributed by atoms with Crippen LogP contribution in [-0.4, -0.2) is 42.0 Å². The van der Waals surface area contributed by atoms with E-state index in [1.165, 1.54) is 19.3 Å². The Morgan fingerprint density at radius 1 is 1.09 bits per heavy atom. The van der Waals surface area contributed by atoms with Gasteiger partial charge >= 0.3 is 5.97 Å². The molecule has 0 radical (unpaired) electrons. The van der Waals surface area contributed by atoms with Crippen molar-refractivity contribution in [1.82, 2.24) is 9.88 Å².